The van der Waals surface area contributed by atoms with E-state index in [4.69, 9.17) is 27.9 Å². The molecule has 3 aromatic carbocycles. The number of ether oxygens (including phenoxy) is 1. The molecule has 0 bridgehead atoms. The molecule has 4 rings (SSSR count). The standard InChI is InChI=1S/C33H39Cl2N3O5S/c1-4-31(33(40)36-24-9-6-7-10-24)37(21-28-29(34)11-8-12-30(28)35)32(39)22-38(25-15-13-23(3)14-16-25)44(41,42)27-19-17-26(18-20-27)43-5-2/h8,11-20,24,31H,4-7,9-10,21-22H2,1-3H3,(H,36,40). The Balaban J connectivity index is 1.73. The van der Waals surface area contributed by atoms with Gasteiger partial charge in [0, 0.05) is 28.2 Å². The SMILES string of the molecule is CCOc1ccc(S(=O)(=O)N(CC(=O)N(Cc2c(Cl)cccc2Cl)C(CC)C(=O)NC2CCCC2)c2ccc(C)cc2)cc1. The Hall–Kier alpha value is -3.27. The van der Waals surface area contributed by atoms with E-state index in [1.807, 2.05) is 20.8 Å². The predicted octanol–water partition coefficient (Wildman–Crippen LogP) is 6.76. The monoisotopic (exact) mass is 659 g/mol. The Labute approximate surface area is 270 Å². The summed E-state index contributed by atoms with van der Waals surface area (Å²) in [6.07, 6.45) is 4.15. The van der Waals surface area contributed by atoms with Crippen molar-refractivity contribution in [1.82, 2.24) is 10.2 Å². The van der Waals surface area contributed by atoms with Crippen LogP contribution in [-0.4, -0.2) is 50.4 Å². The second-order valence-corrected chi connectivity index (χ2v) is 13.6. The van der Waals surface area contributed by atoms with Crippen LogP contribution in [-0.2, 0) is 26.2 Å². The van der Waals surface area contributed by atoms with Gasteiger partial charge in [-0.25, -0.2) is 8.42 Å². The minimum atomic E-state index is -4.21. The summed E-state index contributed by atoms with van der Waals surface area (Å²) in [4.78, 5) is 29.3. The number of sulfonamides is 1. The lowest BCUT2D eigenvalue weighted by molar-refractivity contribution is -0.140. The molecule has 44 heavy (non-hydrogen) atoms. The summed E-state index contributed by atoms with van der Waals surface area (Å²) in [7, 11) is -4.21. The van der Waals surface area contributed by atoms with Gasteiger partial charge in [-0.15, -0.1) is 0 Å². The van der Waals surface area contributed by atoms with Crippen LogP contribution >= 0.6 is 23.2 Å². The van der Waals surface area contributed by atoms with Crippen molar-refractivity contribution in [3.05, 3.63) is 87.9 Å². The van der Waals surface area contributed by atoms with Crippen molar-refractivity contribution in [1.29, 1.82) is 0 Å². The van der Waals surface area contributed by atoms with Gasteiger partial charge < -0.3 is 15.0 Å². The minimum Gasteiger partial charge on any atom is -0.494 e. The van der Waals surface area contributed by atoms with E-state index in [9.17, 15) is 18.0 Å². The van der Waals surface area contributed by atoms with Gasteiger partial charge in [-0.3, -0.25) is 13.9 Å². The second kappa shape index (κ2) is 15.1. The molecule has 236 valence electrons. The summed E-state index contributed by atoms with van der Waals surface area (Å²) >= 11 is 13.0. The molecule has 0 saturated heterocycles. The van der Waals surface area contributed by atoms with Crippen molar-refractivity contribution in [2.24, 2.45) is 0 Å². The lowest BCUT2D eigenvalue weighted by Gasteiger charge is -2.34. The van der Waals surface area contributed by atoms with Gasteiger partial charge in [-0.05, 0) is 81.6 Å². The second-order valence-electron chi connectivity index (χ2n) is 10.9. The summed E-state index contributed by atoms with van der Waals surface area (Å²) in [5.41, 5.74) is 1.73. The highest BCUT2D eigenvalue weighted by molar-refractivity contribution is 7.92. The molecule has 1 N–H and O–H groups in total. The third kappa shape index (κ3) is 8.06. The van der Waals surface area contributed by atoms with Gasteiger partial charge in [0.15, 0.2) is 0 Å². The molecule has 3 aromatic rings. The van der Waals surface area contributed by atoms with Crippen LogP contribution in [0.1, 0.15) is 57.1 Å². The van der Waals surface area contributed by atoms with Crippen LogP contribution in [0.2, 0.25) is 10.0 Å². The number of rotatable bonds is 13. The molecule has 1 fully saturated rings. The van der Waals surface area contributed by atoms with E-state index in [0.717, 1.165) is 35.6 Å². The summed E-state index contributed by atoms with van der Waals surface area (Å²) in [6.45, 7) is 5.38. The topological polar surface area (TPSA) is 96.0 Å². The van der Waals surface area contributed by atoms with Crippen LogP contribution in [0.3, 0.4) is 0 Å². The Kier molecular flexibility index (Phi) is 11.6. The molecule has 1 aliphatic carbocycles. The highest BCUT2D eigenvalue weighted by Gasteiger charge is 2.35. The van der Waals surface area contributed by atoms with Gasteiger partial charge >= 0.3 is 0 Å². The highest BCUT2D eigenvalue weighted by Crippen LogP contribution is 2.30. The van der Waals surface area contributed by atoms with Crippen LogP contribution in [0.25, 0.3) is 0 Å². The molecule has 1 unspecified atom stereocenters. The quantitative estimate of drug-likeness (QED) is 0.219. The molecule has 0 heterocycles. The Morgan fingerprint density at radius 2 is 1.57 bits per heavy atom. The number of anilines is 1. The number of nitrogens with one attached hydrogen (secondary N) is 1. The number of benzene rings is 3. The van der Waals surface area contributed by atoms with Crippen molar-refractivity contribution in [2.45, 2.75) is 76.4 Å². The number of amides is 2. The first-order valence-corrected chi connectivity index (χ1v) is 17.1. The molecule has 0 aliphatic heterocycles. The van der Waals surface area contributed by atoms with Crippen molar-refractivity contribution in [2.75, 3.05) is 17.5 Å². The first kappa shape index (κ1) is 33.6. The average Bonchev–Trinajstić information content (AvgIpc) is 3.51. The Morgan fingerprint density at radius 1 is 0.955 bits per heavy atom. The van der Waals surface area contributed by atoms with Gasteiger partial charge in [0.25, 0.3) is 10.0 Å². The van der Waals surface area contributed by atoms with E-state index in [-0.39, 0.29) is 23.4 Å². The van der Waals surface area contributed by atoms with Gasteiger partial charge in [0.2, 0.25) is 11.8 Å². The molecular formula is C33H39Cl2N3O5S. The van der Waals surface area contributed by atoms with Crippen molar-refractivity contribution < 1.29 is 22.7 Å². The highest BCUT2D eigenvalue weighted by atomic mass is 35.5. The molecule has 1 saturated carbocycles. The molecule has 1 aliphatic rings. The third-order valence-electron chi connectivity index (χ3n) is 7.80. The summed E-state index contributed by atoms with van der Waals surface area (Å²) in [5.74, 6) is -0.317. The van der Waals surface area contributed by atoms with Crippen LogP contribution in [0.4, 0.5) is 5.69 Å². The molecule has 2 amide bonds. The summed E-state index contributed by atoms with van der Waals surface area (Å²) in [5, 5.41) is 3.79. The van der Waals surface area contributed by atoms with Crippen molar-refractivity contribution in [3.63, 3.8) is 0 Å². The van der Waals surface area contributed by atoms with Gasteiger partial charge in [0.05, 0.1) is 17.2 Å². The van der Waals surface area contributed by atoms with Crippen molar-refractivity contribution in [3.8, 4) is 5.75 Å². The van der Waals surface area contributed by atoms with Gasteiger partial charge in [0.1, 0.15) is 18.3 Å². The summed E-state index contributed by atoms with van der Waals surface area (Å²) in [6, 6.07) is 17.2. The van der Waals surface area contributed by atoms with E-state index in [2.05, 4.69) is 5.32 Å². The molecular weight excluding hydrogens is 621 g/mol. The van der Waals surface area contributed by atoms with E-state index in [1.54, 1.807) is 54.6 Å². The lowest BCUT2D eigenvalue weighted by atomic mass is 10.1. The van der Waals surface area contributed by atoms with E-state index >= 15 is 0 Å². The van der Waals surface area contributed by atoms with Crippen LogP contribution in [0.5, 0.6) is 5.75 Å². The van der Waals surface area contributed by atoms with Crippen LogP contribution in [0.15, 0.2) is 71.6 Å². The Bertz CT molecular complexity index is 1520. The molecule has 0 spiro atoms. The zero-order chi connectivity index (χ0) is 31.9. The number of hydrogen-bond acceptors (Lipinski definition) is 5. The first-order valence-electron chi connectivity index (χ1n) is 14.9. The van der Waals surface area contributed by atoms with Crippen molar-refractivity contribution >= 4 is 50.7 Å². The van der Waals surface area contributed by atoms with Crippen LogP contribution in [0, 0.1) is 6.92 Å². The Morgan fingerprint density at radius 3 is 2.14 bits per heavy atom. The number of carbonyl (C=O) groups is 2. The number of carbonyl (C=O) groups excluding carboxylic acids is 2. The fourth-order valence-corrected chi connectivity index (χ4v) is 7.31. The predicted molar refractivity (Wildman–Crippen MR) is 175 cm³/mol. The zero-order valence-corrected chi connectivity index (χ0v) is 27.6. The first-order chi connectivity index (χ1) is 21.0. The number of halogens is 2. The third-order valence-corrected chi connectivity index (χ3v) is 10.3. The van der Waals surface area contributed by atoms with Crippen LogP contribution < -0.4 is 14.4 Å². The van der Waals surface area contributed by atoms with Gasteiger partial charge in [-0.1, -0.05) is 66.7 Å². The van der Waals surface area contributed by atoms with E-state index in [1.165, 1.54) is 17.0 Å². The zero-order valence-electron chi connectivity index (χ0n) is 25.3. The maximum Gasteiger partial charge on any atom is 0.264 e. The number of nitrogens with zero attached hydrogens (tertiary/aromatic N) is 2. The molecule has 0 radical (unpaired) electrons. The molecule has 0 aromatic heterocycles. The number of hydrogen-bond donors (Lipinski definition) is 1. The van der Waals surface area contributed by atoms with Gasteiger partial charge in [-0.2, -0.15) is 0 Å². The lowest BCUT2D eigenvalue weighted by Crippen LogP contribution is -2.53. The maximum atomic E-state index is 14.3. The van der Waals surface area contributed by atoms with E-state index < -0.39 is 28.5 Å². The smallest absolute Gasteiger partial charge is 0.264 e. The number of aryl methyl sites for hydroxylation is 1. The molecule has 8 nitrogen and oxygen atoms in total. The fraction of sp³-hybridized carbons (Fsp3) is 0.394. The molecule has 1 atom stereocenters. The maximum absolute atomic E-state index is 14.3. The summed E-state index contributed by atoms with van der Waals surface area (Å²) < 4.78 is 34.8. The van der Waals surface area contributed by atoms with E-state index in [0.29, 0.717) is 40.1 Å². The molecule has 11 heteroatoms. The minimum absolute atomic E-state index is 0.000967. The normalized spacial score (nSPS) is 14.2. The average molecular weight is 661 g/mol. The fourth-order valence-electron chi connectivity index (χ4n) is 5.38. The largest absolute Gasteiger partial charge is 0.494 e.